The molecular formula is C23H26ClN7O. The van der Waals surface area contributed by atoms with Crippen molar-refractivity contribution >= 4 is 39.5 Å². The number of aromatic nitrogens is 5. The van der Waals surface area contributed by atoms with E-state index in [4.69, 9.17) is 22.3 Å². The maximum Gasteiger partial charge on any atom is 0.264 e. The quantitative estimate of drug-likeness (QED) is 0.487. The zero-order valence-corrected chi connectivity index (χ0v) is 19.1. The molecule has 3 N–H and O–H groups in total. The third kappa shape index (κ3) is 2.75. The van der Waals surface area contributed by atoms with E-state index in [9.17, 15) is 4.79 Å². The molecule has 2 aliphatic rings. The Labute approximate surface area is 190 Å². The molecule has 0 aliphatic carbocycles. The van der Waals surface area contributed by atoms with Crippen LogP contribution in [0.1, 0.15) is 32.6 Å². The van der Waals surface area contributed by atoms with Gasteiger partial charge in [-0.3, -0.25) is 14.0 Å². The van der Waals surface area contributed by atoms with Gasteiger partial charge in [-0.1, -0.05) is 17.7 Å². The van der Waals surface area contributed by atoms with E-state index in [1.54, 1.807) is 9.25 Å². The Balaban J connectivity index is 1.50. The summed E-state index contributed by atoms with van der Waals surface area (Å²) in [6.07, 6.45) is 7.71. The summed E-state index contributed by atoms with van der Waals surface area (Å²) in [7, 11) is 3.67. The van der Waals surface area contributed by atoms with Gasteiger partial charge in [-0.2, -0.15) is 10.1 Å². The van der Waals surface area contributed by atoms with Gasteiger partial charge < -0.3 is 15.6 Å². The highest BCUT2D eigenvalue weighted by atomic mass is 35.5. The van der Waals surface area contributed by atoms with Crippen LogP contribution in [0.2, 0.25) is 5.02 Å². The number of nitrogens with two attached hydrogens (primary N) is 1. The van der Waals surface area contributed by atoms with Crippen LogP contribution < -0.4 is 16.2 Å². The van der Waals surface area contributed by atoms with Crippen LogP contribution in [0.5, 0.6) is 0 Å². The molecule has 166 valence electrons. The van der Waals surface area contributed by atoms with Gasteiger partial charge in [0.1, 0.15) is 5.65 Å². The van der Waals surface area contributed by atoms with Crippen LogP contribution in [0.15, 0.2) is 29.3 Å². The molecule has 8 nitrogen and oxygen atoms in total. The molecule has 1 unspecified atom stereocenters. The molecule has 2 fully saturated rings. The number of hydrogen-bond acceptors (Lipinski definition) is 5. The molecule has 2 bridgehead atoms. The van der Waals surface area contributed by atoms with Crippen molar-refractivity contribution in [2.24, 2.45) is 19.8 Å². The highest BCUT2D eigenvalue weighted by molar-refractivity contribution is 6.38. The second-order valence-corrected chi connectivity index (χ2v) is 10.1. The summed E-state index contributed by atoms with van der Waals surface area (Å²) in [4.78, 5) is 24.1. The van der Waals surface area contributed by atoms with Crippen LogP contribution in [-0.4, -0.2) is 41.9 Å². The second kappa shape index (κ2) is 6.59. The van der Waals surface area contributed by atoms with Gasteiger partial charge >= 0.3 is 0 Å². The Bertz CT molecular complexity index is 1430. The summed E-state index contributed by atoms with van der Waals surface area (Å²) >= 11 is 6.75. The van der Waals surface area contributed by atoms with Gasteiger partial charge in [0.25, 0.3) is 5.56 Å². The minimum Gasteiger partial charge on any atom is -0.345 e. The summed E-state index contributed by atoms with van der Waals surface area (Å²) < 4.78 is 3.42. The van der Waals surface area contributed by atoms with Crippen LogP contribution in [0, 0.1) is 0 Å². The van der Waals surface area contributed by atoms with Crippen molar-refractivity contribution < 1.29 is 0 Å². The van der Waals surface area contributed by atoms with Crippen molar-refractivity contribution in [2.45, 2.75) is 50.2 Å². The zero-order chi connectivity index (χ0) is 22.4. The van der Waals surface area contributed by atoms with E-state index in [0.29, 0.717) is 34.1 Å². The van der Waals surface area contributed by atoms with Crippen LogP contribution in [-0.2, 0) is 14.1 Å². The van der Waals surface area contributed by atoms with Crippen molar-refractivity contribution in [1.29, 1.82) is 0 Å². The van der Waals surface area contributed by atoms with E-state index < -0.39 is 0 Å². The number of H-pyrrole nitrogens is 1. The largest absolute Gasteiger partial charge is 0.345 e. The first-order chi connectivity index (χ1) is 15.2. The lowest BCUT2D eigenvalue weighted by Gasteiger charge is -2.43. The van der Waals surface area contributed by atoms with Crippen LogP contribution in [0.4, 0.5) is 5.95 Å². The third-order valence-electron chi connectivity index (χ3n) is 7.17. The topological polar surface area (TPSA) is 97.8 Å². The number of nitrogens with one attached hydrogen (secondary N) is 1. The smallest absolute Gasteiger partial charge is 0.264 e. The van der Waals surface area contributed by atoms with E-state index in [-0.39, 0.29) is 11.1 Å². The lowest BCUT2D eigenvalue weighted by Crippen LogP contribution is -2.55. The molecule has 32 heavy (non-hydrogen) atoms. The average molecular weight is 452 g/mol. The van der Waals surface area contributed by atoms with Crippen molar-refractivity contribution in [1.82, 2.24) is 24.3 Å². The standard InChI is InChI=1S/C23H26ClN7O/c1-23(25)8-12-4-5-13(9-23)31(12)22-27-20-18(21(32)30(22)3)15(10-26-20)14-6-7-17-16(19(14)24)11-29(2)28-17/h6-7,10-13,26H,4-5,8-9,25H2,1-3H3/t12-,13+,23?. The molecule has 2 saturated heterocycles. The fraction of sp³-hybridized carbons (Fsp3) is 0.435. The molecule has 0 spiro atoms. The SMILES string of the molecule is Cn1cc2c(Cl)c(-c3c[nH]c4nc(N5[C@@H]6CC[C@H]5CC(C)(N)C6)n(C)c(=O)c34)ccc2n1. The molecule has 0 saturated carbocycles. The second-order valence-electron chi connectivity index (χ2n) is 9.72. The predicted octanol–water partition coefficient (Wildman–Crippen LogP) is 3.32. The summed E-state index contributed by atoms with van der Waals surface area (Å²) in [6.45, 7) is 2.13. The van der Waals surface area contributed by atoms with Gasteiger partial charge in [-0.25, -0.2) is 0 Å². The van der Waals surface area contributed by atoms with Crippen molar-refractivity contribution in [3.8, 4) is 11.1 Å². The molecule has 0 amide bonds. The molecule has 0 radical (unpaired) electrons. The first-order valence-electron chi connectivity index (χ1n) is 11.0. The zero-order valence-electron chi connectivity index (χ0n) is 18.4. The van der Waals surface area contributed by atoms with Gasteiger partial charge in [0.15, 0.2) is 0 Å². The molecule has 5 heterocycles. The van der Waals surface area contributed by atoms with Crippen molar-refractivity contribution in [3.05, 3.63) is 39.9 Å². The first kappa shape index (κ1) is 19.8. The number of fused-ring (bicyclic) bond motifs is 4. The number of halogens is 1. The van der Waals surface area contributed by atoms with E-state index >= 15 is 0 Å². The fourth-order valence-corrected chi connectivity index (χ4v) is 6.14. The maximum absolute atomic E-state index is 13.6. The lowest BCUT2D eigenvalue weighted by molar-refractivity contribution is 0.302. The minimum atomic E-state index is -0.160. The molecule has 2 aliphatic heterocycles. The highest BCUT2D eigenvalue weighted by Gasteiger charge is 2.46. The molecule has 9 heteroatoms. The van der Waals surface area contributed by atoms with Crippen LogP contribution >= 0.6 is 11.6 Å². The van der Waals surface area contributed by atoms with Crippen LogP contribution in [0.3, 0.4) is 0 Å². The summed E-state index contributed by atoms with van der Waals surface area (Å²) in [6, 6.07) is 4.48. The van der Waals surface area contributed by atoms with Gasteiger partial charge in [-0.05, 0) is 38.7 Å². The number of aryl methyl sites for hydroxylation is 1. The van der Waals surface area contributed by atoms with E-state index in [1.165, 1.54) is 0 Å². The number of nitrogens with zero attached hydrogens (tertiary/aromatic N) is 5. The van der Waals surface area contributed by atoms with E-state index in [2.05, 4.69) is 21.9 Å². The van der Waals surface area contributed by atoms with Gasteiger partial charge in [0, 0.05) is 60.6 Å². The van der Waals surface area contributed by atoms with Gasteiger partial charge in [-0.15, -0.1) is 0 Å². The number of benzene rings is 1. The molecule has 4 aromatic rings. The molecule has 1 aromatic carbocycles. The Morgan fingerprint density at radius 3 is 2.62 bits per heavy atom. The number of rotatable bonds is 2. The van der Waals surface area contributed by atoms with Gasteiger partial charge in [0.2, 0.25) is 5.95 Å². The normalized spacial score (nSPS) is 25.3. The Hall–Kier alpha value is -2.84. The third-order valence-corrected chi connectivity index (χ3v) is 7.58. The minimum absolute atomic E-state index is 0.0796. The first-order valence-corrected chi connectivity index (χ1v) is 11.4. The number of anilines is 1. The molecule has 3 atom stereocenters. The van der Waals surface area contributed by atoms with Crippen molar-refractivity contribution in [3.63, 3.8) is 0 Å². The molecule has 6 rings (SSSR count). The number of aromatic amines is 1. The summed E-state index contributed by atoms with van der Waals surface area (Å²) in [5, 5.41) is 6.41. The van der Waals surface area contributed by atoms with E-state index in [0.717, 1.165) is 47.7 Å². The lowest BCUT2D eigenvalue weighted by atomic mass is 9.86. The Kier molecular flexibility index (Phi) is 4.08. The number of hydrogen-bond donors (Lipinski definition) is 2. The molecular weight excluding hydrogens is 426 g/mol. The summed E-state index contributed by atoms with van der Waals surface area (Å²) in [5.41, 5.74) is 9.20. The van der Waals surface area contributed by atoms with Crippen molar-refractivity contribution in [2.75, 3.05) is 4.90 Å². The predicted molar refractivity (Wildman–Crippen MR) is 127 cm³/mol. The Morgan fingerprint density at radius 1 is 1.19 bits per heavy atom. The Morgan fingerprint density at radius 2 is 1.91 bits per heavy atom. The summed E-state index contributed by atoms with van der Waals surface area (Å²) in [5.74, 6) is 0.715. The van der Waals surface area contributed by atoms with E-state index in [1.807, 2.05) is 38.6 Å². The number of piperidine rings is 1. The monoisotopic (exact) mass is 451 g/mol. The van der Waals surface area contributed by atoms with Gasteiger partial charge in [0.05, 0.1) is 15.9 Å². The van der Waals surface area contributed by atoms with Crippen LogP contribution in [0.25, 0.3) is 33.1 Å². The fourth-order valence-electron chi connectivity index (χ4n) is 5.83. The maximum atomic E-state index is 13.6. The molecule has 3 aromatic heterocycles. The average Bonchev–Trinajstić information content (AvgIpc) is 3.39. The highest BCUT2D eigenvalue weighted by Crippen LogP contribution is 2.42.